The summed E-state index contributed by atoms with van der Waals surface area (Å²) in [5, 5.41) is 11.7. The van der Waals surface area contributed by atoms with E-state index in [1.54, 1.807) is 6.92 Å². The summed E-state index contributed by atoms with van der Waals surface area (Å²) in [6.07, 6.45) is 0.694. The molecule has 1 fully saturated rings. The second kappa shape index (κ2) is 8.41. The number of amides is 2. The van der Waals surface area contributed by atoms with Crippen molar-refractivity contribution in [2.75, 3.05) is 26.2 Å². The van der Waals surface area contributed by atoms with Gasteiger partial charge in [-0.15, -0.1) is 0 Å². The Hall–Kier alpha value is -3.35. The lowest BCUT2D eigenvalue weighted by Gasteiger charge is -2.25. The molecule has 2 aromatic carbocycles. The third-order valence-corrected chi connectivity index (χ3v) is 6.22. The predicted octanol–water partition coefficient (Wildman–Crippen LogP) is 3.24. The van der Waals surface area contributed by atoms with Gasteiger partial charge in [0.25, 0.3) is 0 Å². The number of carboxylic acids is 1. The van der Waals surface area contributed by atoms with Crippen LogP contribution < -0.4 is 5.32 Å². The maximum Gasteiger partial charge on any atom is 0.407 e. The molecule has 0 saturated heterocycles. The minimum absolute atomic E-state index is 0.0270. The van der Waals surface area contributed by atoms with Gasteiger partial charge in [-0.3, -0.25) is 9.59 Å². The van der Waals surface area contributed by atoms with Crippen LogP contribution in [0.2, 0.25) is 0 Å². The molecule has 2 N–H and O–H groups in total. The molecule has 0 bridgehead atoms. The van der Waals surface area contributed by atoms with E-state index in [0.717, 1.165) is 22.3 Å². The van der Waals surface area contributed by atoms with Gasteiger partial charge in [0.05, 0.1) is 5.41 Å². The van der Waals surface area contributed by atoms with Gasteiger partial charge in [0.2, 0.25) is 5.91 Å². The lowest BCUT2D eigenvalue weighted by atomic mass is 9.98. The summed E-state index contributed by atoms with van der Waals surface area (Å²) in [5.74, 6) is -1.30. The number of fused-ring (bicyclic) bond motifs is 3. The fraction of sp³-hybridized carbons (Fsp3) is 0.375. The summed E-state index contributed by atoms with van der Waals surface area (Å²) >= 11 is 0. The fourth-order valence-corrected chi connectivity index (χ4v) is 4.33. The number of ether oxygens (including phenoxy) is 1. The Morgan fingerprint density at radius 2 is 1.65 bits per heavy atom. The Bertz CT molecular complexity index is 969. The lowest BCUT2D eigenvalue weighted by Crippen LogP contribution is -2.45. The zero-order valence-electron chi connectivity index (χ0n) is 17.5. The molecule has 2 amide bonds. The molecule has 2 aliphatic rings. The molecule has 7 heteroatoms. The van der Waals surface area contributed by atoms with Crippen LogP contribution >= 0.6 is 0 Å². The first-order valence-electron chi connectivity index (χ1n) is 10.6. The number of benzene rings is 2. The molecule has 0 aromatic heterocycles. The van der Waals surface area contributed by atoms with E-state index >= 15 is 0 Å². The molecular weight excluding hydrogens is 396 g/mol. The first-order chi connectivity index (χ1) is 14.9. The number of carboxylic acid groups (broad SMARTS) is 1. The van der Waals surface area contributed by atoms with Gasteiger partial charge in [0.15, 0.2) is 0 Å². The van der Waals surface area contributed by atoms with Crippen LogP contribution in [0.25, 0.3) is 11.1 Å². The molecule has 0 spiro atoms. The van der Waals surface area contributed by atoms with Crippen molar-refractivity contribution in [3.63, 3.8) is 0 Å². The molecule has 0 atom stereocenters. The van der Waals surface area contributed by atoms with E-state index in [2.05, 4.69) is 29.6 Å². The maximum atomic E-state index is 12.7. The average Bonchev–Trinajstić information content (AvgIpc) is 3.51. The van der Waals surface area contributed by atoms with Crippen molar-refractivity contribution in [2.24, 2.45) is 5.41 Å². The molecule has 2 aromatic rings. The van der Waals surface area contributed by atoms with Crippen molar-refractivity contribution < 1.29 is 24.2 Å². The number of nitrogens with one attached hydrogen (secondary N) is 1. The van der Waals surface area contributed by atoms with E-state index < -0.39 is 17.5 Å². The van der Waals surface area contributed by atoms with Crippen LogP contribution in [-0.2, 0) is 14.3 Å². The van der Waals surface area contributed by atoms with E-state index in [1.165, 1.54) is 4.90 Å². The van der Waals surface area contributed by atoms with Crippen molar-refractivity contribution in [3.05, 3.63) is 59.7 Å². The van der Waals surface area contributed by atoms with Gasteiger partial charge in [-0.2, -0.15) is 0 Å². The van der Waals surface area contributed by atoms with Crippen LogP contribution in [0, 0.1) is 5.41 Å². The molecule has 162 valence electrons. The summed E-state index contributed by atoms with van der Waals surface area (Å²) < 4.78 is 5.52. The smallest absolute Gasteiger partial charge is 0.407 e. The largest absolute Gasteiger partial charge is 0.480 e. The summed E-state index contributed by atoms with van der Waals surface area (Å²) in [6.45, 7) is 2.09. The zero-order valence-corrected chi connectivity index (χ0v) is 17.5. The van der Waals surface area contributed by atoms with Crippen LogP contribution in [0.15, 0.2) is 48.5 Å². The number of hydrogen-bond acceptors (Lipinski definition) is 4. The molecule has 2 aliphatic carbocycles. The molecule has 0 unspecified atom stereocenters. The Kier molecular flexibility index (Phi) is 5.67. The number of carbonyl (C=O) groups is 3. The second-order valence-electron chi connectivity index (χ2n) is 8.17. The number of hydrogen-bond donors (Lipinski definition) is 2. The van der Waals surface area contributed by atoms with Crippen LogP contribution in [0.3, 0.4) is 0 Å². The number of aliphatic carboxylic acids is 1. The number of likely N-dealkylation sites (N-methyl/N-ethyl adjacent to an activating group) is 1. The predicted molar refractivity (Wildman–Crippen MR) is 115 cm³/mol. The summed E-state index contributed by atoms with van der Waals surface area (Å²) in [5.41, 5.74) is 3.88. The molecule has 0 aliphatic heterocycles. The highest BCUT2D eigenvalue weighted by Crippen LogP contribution is 2.47. The van der Waals surface area contributed by atoms with E-state index in [-0.39, 0.29) is 31.5 Å². The van der Waals surface area contributed by atoms with Gasteiger partial charge in [-0.1, -0.05) is 48.5 Å². The molecule has 7 nitrogen and oxygen atoms in total. The Morgan fingerprint density at radius 1 is 1.06 bits per heavy atom. The highest BCUT2D eigenvalue weighted by Gasteiger charge is 2.51. The Labute approximate surface area is 181 Å². The fourth-order valence-electron chi connectivity index (χ4n) is 4.33. The van der Waals surface area contributed by atoms with E-state index in [4.69, 9.17) is 9.84 Å². The third kappa shape index (κ3) is 4.13. The van der Waals surface area contributed by atoms with E-state index in [0.29, 0.717) is 19.4 Å². The third-order valence-electron chi connectivity index (χ3n) is 6.22. The second-order valence-corrected chi connectivity index (χ2v) is 8.17. The van der Waals surface area contributed by atoms with Crippen LogP contribution in [0.4, 0.5) is 4.79 Å². The summed E-state index contributed by atoms with van der Waals surface area (Å²) in [6, 6.07) is 16.2. The van der Waals surface area contributed by atoms with E-state index in [1.807, 2.05) is 24.3 Å². The van der Waals surface area contributed by atoms with Gasteiger partial charge in [0, 0.05) is 19.0 Å². The van der Waals surface area contributed by atoms with Gasteiger partial charge in [-0.25, -0.2) is 4.79 Å². The van der Waals surface area contributed by atoms with Crippen LogP contribution in [-0.4, -0.2) is 54.2 Å². The minimum atomic E-state index is -1.05. The first kappa shape index (κ1) is 20.9. The molecule has 0 heterocycles. The van der Waals surface area contributed by atoms with Crippen LogP contribution in [0.1, 0.15) is 36.8 Å². The van der Waals surface area contributed by atoms with Crippen LogP contribution in [0.5, 0.6) is 0 Å². The first-order valence-corrected chi connectivity index (χ1v) is 10.6. The highest BCUT2D eigenvalue weighted by atomic mass is 16.5. The highest BCUT2D eigenvalue weighted by molar-refractivity contribution is 5.88. The maximum absolute atomic E-state index is 12.7. The standard InChI is InChI=1S/C24H26N2O5/c1-2-26(13-21(27)28)22(29)24(11-12-24)15-25-23(30)31-14-20-18-9-5-3-7-16(18)17-8-4-6-10-19(17)20/h3-10,20H,2,11-15H2,1H3,(H,25,30)(H,27,28). The van der Waals surface area contributed by atoms with Crippen molar-refractivity contribution >= 4 is 18.0 Å². The summed E-state index contributed by atoms with van der Waals surface area (Å²) in [7, 11) is 0. The van der Waals surface area contributed by atoms with Gasteiger partial charge in [0.1, 0.15) is 13.2 Å². The normalized spacial score (nSPS) is 15.5. The van der Waals surface area contributed by atoms with Gasteiger partial charge < -0.3 is 20.1 Å². The molecule has 31 heavy (non-hydrogen) atoms. The molecule has 1 saturated carbocycles. The van der Waals surface area contributed by atoms with Crippen molar-refractivity contribution in [1.82, 2.24) is 10.2 Å². The SMILES string of the molecule is CCN(CC(=O)O)C(=O)C1(CNC(=O)OCC2c3ccccc3-c3ccccc32)CC1. The Balaban J connectivity index is 1.35. The number of carbonyl (C=O) groups excluding carboxylic acids is 2. The van der Waals surface area contributed by atoms with E-state index in [9.17, 15) is 14.4 Å². The minimum Gasteiger partial charge on any atom is -0.480 e. The van der Waals surface area contributed by atoms with Gasteiger partial charge >= 0.3 is 12.1 Å². The van der Waals surface area contributed by atoms with Gasteiger partial charge in [-0.05, 0) is 42.0 Å². The number of alkyl carbamates (subject to hydrolysis) is 1. The zero-order chi connectivity index (χ0) is 22.0. The monoisotopic (exact) mass is 422 g/mol. The quantitative estimate of drug-likeness (QED) is 0.681. The van der Waals surface area contributed by atoms with Crippen molar-refractivity contribution in [1.29, 1.82) is 0 Å². The topological polar surface area (TPSA) is 95.9 Å². The molecule has 4 rings (SSSR count). The lowest BCUT2D eigenvalue weighted by molar-refractivity contribution is -0.146. The molecule has 0 radical (unpaired) electrons. The average molecular weight is 422 g/mol. The Morgan fingerprint density at radius 3 is 2.16 bits per heavy atom. The number of nitrogens with zero attached hydrogens (tertiary/aromatic N) is 1. The summed E-state index contributed by atoms with van der Waals surface area (Å²) in [4.78, 5) is 37.4. The van der Waals surface area contributed by atoms with Crippen molar-refractivity contribution in [3.8, 4) is 11.1 Å². The van der Waals surface area contributed by atoms with Crippen molar-refractivity contribution in [2.45, 2.75) is 25.7 Å². The molecular formula is C24H26N2O5. The number of rotatable bonds is 8.